The van der Waals surface area contributed by atoms with Crippen LogP contribution < -0.4 is 10.1 Å². The van der Waals surface area contributed by atoms with Crippen molar-refractivity contribution in [2.45, 2.75) is 31.5 Å². The Morgan fingerprint density at radius 1 is 1.17 bits per heavy atom. The Kier molecular flexibility index (Phi) is 8.28. The molecule has 0 saturated heterocycles. The zero-order valence-corrected chi connectivity index (χ0v) is 22.4. The molecule has 0 radical (unpaired) electrons. The first-order valence-electron chi connectivity index (χ1n) is 13.0. The van der Waals surface area contributed by atoms with E-state index < -0.39 is 35.9 Å². The smallest absolute Gasteiger partial charge is 0.417 e. The van der Waals surface area contributed by atoms with Gasteiger partial charge in [-0.2, -0.15) is 13.2 Å². The van der Waals surface area contributed by atoms with Crippen molar-refractivity contribution >= 4 is 11.7 Å². The molecule has 6 nitrogen and oxygen atoms in total. The van der Waals surface area contributed by atoms with Crippen molar-refractivity contribution in [3.63, 3.8) is 0 Å². The first kappa shape index (κ1) is 28.8. The highest BCUT2D eigenvalue weighted by atomic mass is 19.4. The molecule has 2 aromatic carbocycles. The predicted molar refractivity (Wildman–Crippen MR) is 147 cm³/mol. The van der Waals surface area contributed by atoms with E-state index >= 15 is 0 Å². The zero-order chi connectivity index (χ0) is 29.9. The second kappa shape index (κ2) is 12.1. The van der Waals surface area contributed by atoms with E-state index in [1.54, 1.807) is 54.9 Å². The quantitative estimate of drug-likeness (QED) is 0.217. The van der Waals surface area contributed by atoms with Gasteiger partial charge >= 0.3 is 12.1 Å². The van der Waals surface area contributed by atoms with Crippen LogP contribution in [0.25, 0.3) is 11.1 Å². The number of carbonyl (C=O) groups excluding carboxylic acids is 1. The number of hydrogen-bond donors (Lipinski definition) is 1. The summed E-state index contributed by atoms with van der Waals surface area (Å²) in [6, 6.07) is 10.4. The van der Waals surface area contributed by atoms with E-state index in [1.165, 1.54) is 25.3 Å². The number of fused-ring (bicyclic) bond motifs is 1. The molecule has 218 valence electrons. The number of nitrogens with one attached hydrogen (secondary N) is 1. The van der Waals surface area contributed by atoms with E-state index in [-0.39, 0.29) is 29.9 Å². The molecule has 0 fully saturated rings. The highest BCUT2D eigenvalue weighted by Gasteiger charge is 2.34. The van der Waals surface area contributed by atoms with E-state index in [0.29, 0.717) is 23.5 Å². The van der Waals surface area contributed by atoms with Crippen LogP contribution in [0.3, 0.4) is 0 Å². The van der Waals surface area contributed by atoms with Gasteiger partial charge in [0.25, 0.3) is 0 Å². The number of nitrogens with zero attached hydrogens (tertiary/aromatic N) is 2. The molecule has 1 N–H and O–H groups in total. The standard InChI is InChI=1S/C31H26F5N3O3/c1-41-28(40)6-3-15-42-21-11-12-22(24(16-21)31(34,35)36)20-9-7-19(8-10-20)17-39-14-13-26-27(18-39)38-30(37-26)23-4-2-5-25(32)29(23)33/h2-4,6-14,16,18,25,30,38H,5,15,17H2,1H3/b6-3+. The van der Waals surface area contributed by atoms with E-state index in [2.05, 4.69) is 15.0 Å². The second-order valence-corrected chi connectivity index (χ2v) is 9.64. The Bertz CT molecular complexity index is 1540. The van der Waals surface area contributed by atoms with Gasteiger partial charge in [-0.3, -0.25) is 4.99 Å². The van der Waals surface area contributed by atoms with Gasteiger partial charge in [0.2, 0.25) is 0 Å². The van der Waals surface area contributed by atoms with E-state index in [0.717, 1.165) is 17.7 Å². The van der Waals surface area contributed by atoms with E-state index in [1.807, 2.05) is 4.90 Å². The van der Waals surface area contributed by atoms with Gasteiger partial charge < -0.3 is 19.7 Å². The summed E-state index contributed by atoms with van der Waals surface area (Å²) in [4.78, 5) is 17.4. The Hall–Kier alpha value is -4.67. The van der Waals surface area contributed by atoms with Crippen molar-refractivity contribution in [2.75, 3.05) is 13.7 Å². The number of allylic oxidation sites excluding steroid dienone is 3. The molecule has 5 rings (SSSR count). The van der Waals surface area contributed by atoms with Crippen molar-refractivity contribution in [3.8, 4) is 16.9 Å². The van der Waals surface area contributed by atoms with Crippen LogP contribution >= 0.6 is 0 Å². The third-order valence-electron chi connectivity index (χ3n) is 6.77. The number of carbonyl (C=O) groups is 1. The van der Waals surface area contributed by atoms with E-state index in [4.69, 9.17) is 4.74 Å². The van der Waals surface area contributed by atoms with Crippen LogP contribution in [-0.2, 0) is 22.3 Å². The molecule has 2 heterocycles. The van der Waals surface area contributed by atoms with Gasteiger partial charge in [0, 0.05) is 37.0 Å². The van der Waals surface area contributed by atoms with Crippen molar-refractivity contribution in [1.29, 1.82) is 0 Å². The van der Waals surface area contributed by atoms with Crippen LogP contribution in [0.4, 0.5) is 22.0 Å². The monoisotopic (exact) mass is 583 g/mol. The van der Waals surface area contributed by atoms with Gasteiger partial charge in [0.15, 0.2) is 6.17 Å². The average molecular weight is 584 g/mol. The Morgan fingerprint density at radius 2 is 1.95 bits per heavy atom. The van der Waals surface area contributed by atoms with Crippen LogP contribution in [0, 0.1) is 0 Å². The molecular formula is C31H26F5N3O3. The fourth-order valence-corrected chi connectivity index (χ4v) is 4.68. The number of rotatable bonds is 8. The van der Waals surface area contributed by atoms with Crippen molar-refractivity contribution in [3.05, 3.63) is 113 Å². The number of esters is 1. The largest absolute Gasteiger partial charge is 0.490 e. The molecule has 3 aliphatic rings. The first-order chi connectivity index (χ1) is 20.1. The summed E-state index contributed by atoms with van der Waals surface area (Å²) in [7, 11) is 1.21. The molecule has 2 atom stereocenters. The molecule has 11 heteroatoms. The average Bonchev–Trinajstić information content (AvgIpc) is 3.40. The molecule has 2 aliphatic heterocycles. The number of methoxy groups -OCH3 is 1. The highest BCUT2D eigenvalue weighted by Crippen LogP contribution is 2.39. The molecular weight excluding hydrogens is 557 g/mol. The minimum Gasteiger partial charge on any atom is -0.490 e. The summed E-state index contributed by atoms with van der Waals surface area (Å²) in [5, 5.41) is 3.12. The van der Waals surface area contributed by atoms with Gasteiger partial charge in [-0.15, -0.1) is 0 Å². The third-order valence-corrected chi connectivity index (χ3v) is 6.77. The SMILES string of the molecule is COC(=O)/C=C/COc1ccc(-c2ccc(CN3C=CC4=NC(C5=C(F)C(F)CC=C5)NC4=C3)cc2)c(C(F)(F)F)c1. The number of hydrogen-bond acceptors (Lipinski definition) is 6. The van der Waals surface area contributed by atoms with Crippen LogP contribution in [0.2, 0.25) is 0 Å². The molecule has 0 amide bonds. The summed E-state index contributed by atoms with van der Waals surface area (Å²) in [5.41, 5.74) is 1.82. The maximum Gasteiger partial charge on any atom is 0.417 e. The summed E-state index contributed by atoms with van der Waals surface area (Å²) < 4.78 is 79.7. The second-order valence-electron chi connectivity index (χ2n) is 9.64. The lowest BCUT2D eigenvalue weighted by Gasteiger charge is -2.22. The van der Waals surface area contributed by atoms with Crippen LogP contribution in [-0.4, -0.2) is 42.6 Å². The summed E-state index contributed by atoms with van der Waals surface area (Å²) in [6.45, 7) is 0.316. The molecule has 0 aromatic heterocycles. The van der Waals surface area contributed by atoms with E-state index in [9.17, 15) is 26.7 Å². The lowest BCUT2D eigenvalue weighted by atomic mass is 9.98. The number of benzene rings is 2. The number of aliphatic imine (C=N–C) groups is 1. The van der Waals surface area contributed by atoms with Crippen molar-refractivity contribution in [1.82, 2.24) is 10.2 Å². The van der Waals surface area contributed by atoms with Gasteiger partial charge in [-0.05, 0) is 41.0 Å². The molecule has 0 saturated carbocycles. The molecule has 2 unspecified atom stereocenters. The Morgan fingerprint density at radius 3 is 2.69 bits per heavy atom. The molecule has 1 aliphatic carbocycles. The summed E-state index contributed by atoms with van der Waals surface area (Å²) >= 11 is 0. The fraction of sp³-hybridized carbons (Fsp3) is 0.226. The topological polar surface area (TPSA) is 63.2 Å². The van der Waals surface area contributed by atoms with Gasteiger partial charge in [-0.25, -0.2) is 13.6 Å². The van der Waals surface area contributed by atoms with Crippen LogP contribution in [0.15, 0.2) is 107 Å². The third kappa shape index (κ3) is 6.45. The van der Waals surface area contributed by atoms with Gasteiger partial charge in [-0.1, -0.05) is 42.5 Å². The summed E-state index contributed by atoms with van der Waals surface area (Å²) in [5.74, 6) is -1.40. The lowest BCUT2D eigenvalue weighted by Crippen LogP contribution is -2.28. The van der Waals surface area contributed by atoms with Crippen LogP contribution in [0.5, 0.6) is 5.75 Å². The number of alkyl halides is 4. The highest BCUT2D eigenvalue weighted by molar-refractivity contribution is 6.10. The maximum atomic E-state index is 14.3. The van der Waals surface area contributed by atoms with Crippen LogP contribution in [0.1, 0.15) is 17.5 Å². The minimum atomic E-state index is -4.62. The fourth-order valence-electron chi connectivity index (χ4n) is 4.68. The normalized spacial score (nSPS) is 19.9. The minimum absolute atomic E-state index is 0.00218. The Balaban J connectivity index is 1.26. The van der Waals surface area contributed by atoms with Crippen molar-refractivity contribution in [2.24, 2.45) is 4.99 Å². The van der Waals surface area contributed by atoms with Crippen molar-refractivity contribution < 1.29 is 36.2 Å². The zero-order valence-electron chi connectivity index (χ0n) is 22.4. The molecule has 0 spiro atoms. The van der Waals surface area contributed by atoms with Gasteiger partial charge in [0.05, 0.1) is 24.1 Å². The number of halogens is 5. The first-order valence-corrected chi connectivity index (χ1v) is 13.0. The maximum absolute atomic E-state index is 14.3. The molecule has 42 heavy (non-hydrogen) atoms. The van der Waals surface area contributed by atoms with Gasteiger partial charge in [0.1, 0.15) is 24.3 Å². The predicted octanol–water partition coefficient (Wildman–Crippen LogP) is 6.54. The molecule has 0 bridgehead atoms. The number of ether oxygens (including phenoxy) is 2. The summed E-state index contributed by atoms with van der Waals surface area (Å²) in [6.07, 6.45) is 3.95. The lowest BCUT2D eigenvalue weighted by molar-refractivity contribution is -0.137. The molecule has 2 aromatic rings. The Labute approximate surface area is 238 Å².